The molecular formula is C16H28N2O. The molecule has 0 saturated heterocycles. The largest absolute Gasteiger partial charge is 0.353 e. The van der Waals surface area contributed by atoms with Gasteiger partial charge in [0, 0.05) is 12.5 Å². The predicted octanol–water partition coefficient (Wildman–Crippen LogP) is 2.45. The molecule has 3 nitrogen and oxygen atoms in total. The quantitative estimate of drug-likeness (QED) is 0.819. The number of amides is 1. The zero-order valence-electron chi connectivity index (χ0n) is 11.9. The van der Waals surface area contributed by atoms with Crippen molar-refractivity contribution in [2.45, 2.75) is 63.8 Å². The van der Waals surface area contributed by atoms with Crippen LogP contribution in [-0.4, -0.2) is 18.5 Å². The lowest BCUT2D eigenvalue weighted by atomic mass is 9.83. The highest BCUT2D eigenvalue weighted by Crippen LogP contribution is 2.49. The van der Waals surface area contributed by atoms with Crippen LogP contribution in [0, 0.1) is 23.7 Å². The molecule has 0 aromatic heterocycles. The van der Waals surface area contributed by atoms with E-state index in [0.717, 1.165) is 31.2 Å². The van der Waals surface area contributed by atoms with Crippen molar-refractivity contribution >= 4 is 5.91 Å². The van der Waals surface area contributed by atoms with Crippen molar-refractivity contribution in [3.8, 4) is 0 Å². The maximum Gasteiger partial charge on any atom is 0.220 e. The maximum absolute atomic E-state index is 12.3. The van der Waals surface area contributed by atoms with Crippen LogP contribution in [0.3, 0.4) is 0 Å². The van der Waals surface area contributed by atoms with Gasteiger partial charge in [-0.2, -0.15) is 0 Å². The molecule has 3 N–H and O–H groups in total. The van der Waals surface area contributed by atoms with Gasteiger partial charge < -0.3 is 11.1 Å². The number of nitrogens with one attached hydrogen (secondary N) is 1. The molecule has 108 valence electrons. The van der Waals surface area contributed by atoms with Gasteiger partial charge in [0.15, 0.2) is 0 Å². The van der Waals surface area contributed by atoms with E-state index in [0.29, 0.717) is 23.8 Å². The standard InChI is InChI=1S/C16H28N2O/c17-10-13-3-1-2-4-15(13)18-16(19)9-14-8-11-5-6-12(14)7-11/h11-15H,1-10,17H2,(H,18,19). The summed E-state index contributed by atoms with van der Waals surface area (Å²) < 4.78 is 0. The highest BCUT2D eigenvalue weighted by molar-refractivity contribution is 5.76. The summed E-state index contributed by atoms with van der Waals surface area (Å²) in [5, 5.41) is 3.29. The lowest BCUT2D eigenvalue weighted by molar-refractivity contribution is -0.123. The van der Waals surface area contributed by atoms with Crippen LogP contribution in [0.15, 0.2) is 0 Å². The van der Waals surface area contributed by atoms with E-state index < -0.39 is 0 Å². The summed E-state index contributed by atoms with van der Waals surface area (Å²) in [6, 6.07) is 0.352. The SMILES string of the molecule is NCC1CCCCC1NC(=O)CC1CC2CCC1C2. The number of rotatable bonds is 4. The van der Waals surface area contributed by atoms with Crippen LogP contribution < -0.4 is 11.1 Å². The van der Waals surface area contributed by atoms with Crippen LogP contribution >= 0.6 is 0 Å². The van der Waals surface area contributed by atoms with Crippen molar-refractivity contribution < 1.29 is 4.79 Å². The lowest BCUT2D eigenvalue weighted by Gasteiger charge is -2.32. The Bertz CT molecular complexity index is 331. The molecule has 3 heteroatoms. The first-order valence-electron chi connectivity index (χ1n) is 8.25. The molecule has 3 fully saturated rings. The zero-order valence-corrected chi connectivity index (χ0v) is 11.9. The second kappa shape index (κ2) is 5.82. The summed E-state index contributed by atoms with van der Waals surface area (Å²) in [6.45, 7) is 0.721. The molecule has 3 aliphatic rings. The normalized spacial score (nSPS) is 41.4. The smallest absolute Gasteiger partial charge is 0.220 e. The molecule has 19 heavy (non-hydrogen) atoms. The minimum absolute atomic E-state index is 0.294. The van der Waals surface area contributed by atoms with Gasteiger partial charge >= 0.3 is 0 Å². The van der Waals surface area contributed by atoms with E-state index in [2.05, 4.69) is 5.32 Å². The third-order valence-electron chi connectivity index (χ3n) is 5.89. The molecule has 0 aliphatic heterocycles. The Morgan fingerprint density at radius 1 is 1.05 bits per heavy atom. The second-order valence-corrected chi connectivity index (χ2v) is 7.09. The van der Waals surface area contributed by atoms with Crippen molar-refractivity contribution in [1.29, 1.82) is 0 Å². The third kappa shape index (κ3) is 2.96. The fourth-order valence-electron chi connectivity index (χ4n) is 4.81. The Balaban J connectivity index is 1.48. The summed E-state index contributed by atoms with van der Waals surface area (Å²) in [5.74, 6) is 3.28. The molecule has 2 bridgehead atoms. The van der Waals surface area contributed by atoms with E-state index >= 15 is 0 Å². The number of fused-ring (bicyclic) bond motifs is 2. The molecule has 0 spiro atoms. The fourth-order valence-corrected chi connectivity index (χ4v) is 4.81. The zero-order chi connectivity index (χ0) is 13.2. The Hall–Kier alpha value is -0.570. The molecule has 0 radical (unpaired) electrons. The lowest BCUT2D eigenvalue weighted by Crippen LogP contribution is -2.45. The monoisotopic (exact) mass is 264 g/mol. The maximum atomic E-state index is 12.3. The van der Waals surface area contributed by atoms with Gasteiger partial charge in [-0.05, 0) is 62.3 Å². The molecular weight excluding hydrogens is 236 g/mol. The summed E-state index contributed by atoms with van der Waals surface area (Å²) in [7, 11) is 0. The van der Waals surface area contributed by atoms with Gasteiger partial charge in [-0.15, -0.1) is 0 Å². The summed E-state index contributed by atoms with van der Waals surface area (Å²) >= 11 is 0. The van der Waals surface area contributed by atoms with E-state index in [4.69, 9.17) is 5.73 Å². The van der Waals surface area contributed by atoms with Crippen LogP contribution in [0.5, 0.6) is 0 Å². The van der Waals surface area contributed by atoms with Gasteiger partial charge in [-0.3, -0.25) is 4.79 Å². The Morgan fingerprint density at radius 3 is 2.58 bits per heavy atom. The number of hydrogen-bond donors (Lipinski definition) is 2. The van der Waals surface area contributed by atoms with E-state index in [9.17, 15) is 4.79 Å². The fraction of sp³-hybridized carbons (Fsp3) is 0.938. The predicted molar refractivity (Wildman–Crippen MR) is 76.5 cm³/mol. The Morgan fingerprint density at radius 2 is 1.89 bits per heavy atom. The van der Waals surface area contributed by atoms with Crippen LogP contribution in [0.25, 0.3) is 0 Å². The van der Waals surface area contributed by atoms with Crippen molar-refractivity contribution in [2.24, 2.45) is 29.4 Å². The number of carbonyl (C=O) groups excluding carboxylic acids is 1. The van der Waals surface area contributed by atoms with E-state index in [1.807, 2.05) is 0 Å². The first-order valence-corrected chi connectivity index (χ1v) is 8.25. The van der Waals surface area contributed by atoms with Crippen LogP contribution in [0.2, 0.25) is 0 Å². The molecule has 0 aromatic rings. The van der Waals surface area contributed by atoms with Gasteiger partial charge in [-0.1, -0.05) is 19.3 Å². The van der Waals surface area contributed by atoms with Crippen molar-refractivity contribution in [2.75, 3.05) is 6.54 Å². The van der Waals surface area contributed by atoms with Crippen molar-refractivity contribution in [3.63, 3.8) is 0 Å². The first-order chi connectivity index (χ1) is 9.26. The summed E-state index contributed by atoms with van der Waals surface area (Å²) in [4.78, 5) is 12.3. The molecule has 3 aliphatic carbocycles. The molecule has 1 amide bonds. The molecule has 3 saturated carbocycles. The van der Waals surface area contributed by atoms with Crippen LogP contribution in [0.4, 0.5) is 0 Å². The first kappa shape index (κ1) is 13.4. The van der Waals surface area contributed by atoms with Crippen molar-refractivity contribution in [3.05, 3.63) is 0 Å². The summed E-state index contributed by atoms with van der Waals surface area (Å²) in [6.07, 6.45) is 11.1. The highest BCUT2D eigenvalue weighted by atomic mass is 16.1. The average molecular weight is 264 g/mol. The third-order valence-corrected chi connectivity index (χ3v) is 5.89. The van der Waals surface area contributed by atoms with Crippen LogP contribution in [-0.2, 0) is 4.79 Å². The second-order valence-electron chi connectivity index (χ2n) is 7.09. The molecule has 3 rings (SSSR count). The van der Waals surface area contributed by atoms with Gasteiger partial charge in [0.25, 0.3) is 0 Å². The van der Waals surface area contributed by atoms with Crippen molar-refractivity contribution in [1.82, 2.24) is 5.32 Å². The topological polar surface area (TPSA) is 55.1 Å². The van der Waals surface area contributed by atoms with Gasteiger partial charge in [0.05, 0.1) is 0 Å². The highest BCUT2D eigenvalue weighted by Gasteiger charge is 2.40. The molecule has 0 aromatic carbocycles. The molecule has 5 atom stereocenters. The van der Waals surface area contributed by atoms with E-state index in [-0.39, 0.29) is 0 Å². The van der Waals surface area contributed by atoms with Gasteiger partial charge in [0.2, 0.25) is 5.91 Å². The number of nitrogens with two attached hydrogens (primary N) is 1. The minimum Gasteiger partial charge on any atom is -0.353 e. The van der Waals surface area contributed by atoms with E-state index in [1.165, 1.54) is 44.9 Å². The van der Waals surface area contributed by atoms with E-state index in [1.54, 1.807) is 0 Å². The number of hydrogen-bond acceptors (Lipinski definition) is 2. The van der Waals surface area contributed by atoms with Gasteiger partial charge in [-0.25, -0.2) is 0 Å². The average Bonchev–Trinajstić information content (AvgIpc) is 3.01. The Labute approximate surface area is 116 Å². The molecule has 0 heterocycles. The van der Waals surface area contributed by atoms with Crippen LogP contribution in [0.1, 0.15) is 57.8 Å². The minimum atomic E-state index is 0.294. The molecule has 5 unspecified atom stereocenters. The summed E-state index contributed by atoms with van der Waals surface area (Å²) in [5.41, 5.74) is 5.83. The number of carbonyl (C=O) groups is 1. The Kier molecular flexibility index (Phi) is 4.11. The van der Waals surface area contributed by atoms with Gasteiger partial charge in [0.1, 0.15) is 0 Å².